The van der Waals surface area contributed by atoms with Crippen LogP contribution in [0.5, 0.6) is 0 Å². The number of nitrogens with one attached hydrogen (secondary N) is 1. The number of fused-ring (bicyclic) bond motifs is 1. The van der Waals surface area contributed by atoms with Crippen molar-refractivity contribution in [3.05, 3.63) is 33.2 Å². The van der Waals surface area contributed by atoms with E-state index in [0.29, 0.717) is 6.54 Å². The fourth-order valence-electron chi connectivity index (χ4n) is 3.51. The number of hydrogen-bond acceptors (Lipinski definition) is 4. The molecule has 0 bridgehead atoms. The van der Waals surface area contributed by atoms with E-state index in [1.807, 2.05) is 0 Å². The Morgan fingerprint density at radius 1 is 1.16 bits per heavy atom. The number of pyridine rings is 1. The summed E-state index contributed by atoms with van der Waals surface area (Å²) in [4.78, 5) is 54.2. The van der Waals surface area contributed by atoms with E-state index in [9.17, 15) is 19.2 Å². The van der Waals surface area contributed by atoms with E-state index in [4.69, 9.17) is 5.73 Å². The van der Waals surface area contributed by atoms with Crippen molar-refractivity contribution >= 4 is 17.7 Å². The van der Waals surface area contributed by atoms with Gasteiger partial charge in [0, 0.05) is 38.8 Å². The minimum Gasteiger partial charge on any atom is -0.369 e. The number of aryl methyl sites for hydroxylation is 2. The first-order valence-corrected chi connectivity index (χ1v) is 8.46. The van der Waals surface area contributed by atoms with E-state index in [0.717, 1.165) is 30.5 Å². The van der Waals surface area contributed by atoms with Crippen LogP contribution in [0, 0.1) is 5.92 Å². The van der Waals surface area contributed by atoms with E-state index in [2.05, 4.69) is 4.98 Å². The number of amides is 3. The zero-order chi connectivity index (χ0) is 18.1. The summed E-state index contributed by atoms with van der Waals surface area (Å²) < 4.78 is 0. The molecule has 1 atom stereocenters. The molecule has 1 saturated heterocycles. The number of hydrogen-bond donors (Lipinski definition) is 2. The van der Waals surface area contributed by atoms with Gasteiger partial charge < -0.3 is 20.5 Å². The van der Waals surface area contributed by atoms with E-state index in [-0.39, 0.29) is 31.1 Å². The highest BCUT2D eigenvalue weighted by molar-refractivity contribution is 5.94. The second-order valence-corrected chi connectivity index (χ2v) is 6.68. The summed E-state index contributed by atoms with van der Waals surface area (Å²) in [6, 6.07) is 1.66. The van der Waals surface area contributed by atoms with Crippen LogP contribution in [0.15, 0.2) is 10.9 Å². The molecule has 3 amide bonds. The van der Waals surface area contributed by atoms with Crippen molar-refractivity contribution in [1.82, 2.24) is 14.8 Å². The average Bonchev–Trinajstić information content (AvgIpc) is 2.88. The third-order valence-corrected chi connectivity index (χ3v) is 4.97. The van der Waals surface area contributed by atoms with Crippen LogP contribution in [0.25, 0.3) is 0 Å². The molecular weight excluding hydrogens is 324 g/mol. The van der Waals surface area contributed by atoms with Crippen LogP contribution in [0.4, 0.5) is 0 Å². The average molecular weight is 346 g/mol. The number of carbonyl (C=O) groups excluding carboxylic acids is 3. The van der Waals surface area contributed by atoms with Crippen molar-refractivity contribution in [1.29, 1.82) is 0 Å². The molecule has 1 fully saturated rings. The van der Waals surface area contributed by atoms with Crippen LogP contribution in [-0.4, -0.2) is 58.7 Å². The topological polar surface area (TPSA) is 117 Å². The van der Waals surface area contributed by atoms with Gasteiger partial charge in [-0.05, 0) is 30.9 Å². The number of nitrogens with zero attached hydrogens (tertiary/aromatic N) is 2. The number of nitrogens with two attached hydrogens (primary N) is 1. The lowest BCUT2D eigenvalue weighted by atomic mass is 10.1. The molecule has 1 aliphatic carbocycles. The van der Waals surface area contributed by atoms with Crippen molar-refractivity contribution in [2.45, 2.75) is 26.2 Å². The van der Waals surface area contributed by atoms with Gasteiger partial charge in [0.05, 0.1) is 5.92 Å². The molecule has 3 N–H and O–H groups in total. The Bertz CT molecular complexity index is 785. The number of carbonyl (C=O) groups is 3. The van der Waals surface area contributed by atoms with Gasteiger partial charge in [0.1, 0.15) is 5.56 Å². The number of aromatic amines is 1. The van der Waals surface area contributed by atoms with Crippen molar-refractivity contribution in [3.8, 4) is 0 Å². The molecule has 0 aromatic carbocycles. The standard InChI is InChI=1S/C17H22N4O4/c1-10(22)20-5-6-21(9-12(8-20)15(18)23)17(25)13-7-11-3-2-4-14(11)19-16(13)24/h7,12H,2-6,8-9H2,1H3,(H2,18,23)(H,19,24). The Morgan fingerprint density at radius 2 is 1.84 bits per heavy atom. The molecule has 2 aliphatic rings. The number of rotatable bonds is 2. The van der Waals surface area contributed by atoms with Gasteiger partial charge in [-0.25, -0.2) is 0 Å². The number of aromatic nitrogens is 1. The fraction of sp³-hybridized carbons (Fsp3) is 0.529. The van der Waals surface area contributed by atoms with Gasteiger partial charge in [0.2, 0.25) is 11.8 Å². The Labute approximate surface area is 145 Å². The zero-order valence-electron chi connectivity index (χ0n) is 14.2. The summed E-state index contributed by atoms with van der Waals surface area (Å²) in [5.41, 5.74) is 6.99. The van der Waals surface area contributed by atoms with E-state index in [1.54, 1.807) is 6.07 Å². The Hall–Kier alpha value is -2.64. The third-order valence-electron chi connectivity index (χ3n) is 4.97. The van der Waals surface area contributed by atoms with Crippen LogP contribution in [-0.2, 0) is 22.4 Å². The first-order valence-electron chi connectivity index (χ1n) is 8.46. The van der Waals surface area contributed by atoms with Crippen molar-refractivity contribution in [2.24, 2.45) is 11.7 Å². The normalized spacial score (nSPS) is 20.1. The highest BCUT2D eigenvalue weighted by Gasteiger charge is 2.31. The number of primary amides is 1. The smallest absolute Gasteiger partial charge is 0.261 e. The predicted octanol–water partition coefficient (Wildman–Crippen LogP) is -0.731. The third kappa shape index (κ3) is 3.42. The van der Waals surface area contributed by atoms with Gasteiger partial charge in [-0.3, -0.25) is 19.2 Å². The molecule has 1 aromatic rings. The maximum atomic E-state index is 12.9. The lowest BCUT2D eigenvalue weighted by Crippen LogP contribution is -2.42. The minimum absolute atomic E-state index is 0.0835. The highest BCUT2D eigenvalue weighted by atomic mass is 16.2. The lowest BCUT2D eigenvalue weighted by Gasteiger charge is -2.22. The summed E-state index contributed by atoms with van der Waals surface area (Å²) >= 11 is 0. The molecule has 25 heavy (non-hydrogen) atoms. The molecule has 8 heteroatoms. The molecule has 2 heterocycles. The van der Waals surface area contributed by atoms with Gasteiger partial charge >= 0.3 is 0 Å². The minimum atomic E-state index is -0.649. The van der Waals surface area contributed by atoms with Gasteiger partial charge in [0.15, 0.2) is 0 Å². The monoisotopic (exact) mass is 346 g/mol. The van der Waals surface area contributed by atoms with Crippen LogP contribution in [0.1, 0.15) is 35.0 Å². The first-order chi connectivity index (χ1) is 11.9. The summed E-state index contributed by atoms with van der Waals surface area (Å²) in [7, 11) is 0. The van der Waals surface area contributed by atoms with E-state index >= 15 is 0 Å². The van der Waals surface area contributed by atoms with Crippen LogP contribution < -0.4 is 11.3 Å². The van der Waals surface area contributed by atoms with Crippen LogP contribution in [0.2, 0.25) is 0 Å². The Kier molecular flexibility index (Phi) is 4.61. The second-order valence-electron chi connectivity index (χ2n) is 6.68. The molecule has 1 aliphatic heterocycles. The summed E-state index contributed by atoms with van der Waals surface area (Å²) in [5.74, 6) is -1.80. The largest absolute Gasteiger partial charge is 0.369 e. The first kappa shape index (κ1) is 17.2. The van der Waals surface area contributed by atoms with Gasteiger partial charge in [0.25, 0.3) is 11.5 Å². The van der Waals surface area contributed by atoms with Crippen LogP contribution in [0.3, 0.4) is 0 Å². The van der Waals surface area contributed by atoms with E-state index < -0.39 is 23.3 Å². The van der Waals surface area contributed by atoms with Gasteiger partial charge in [-0.2, -0.15) is 0 Å². The molecule has 1 unspecified atom stereocenters. The molecule has 134 valence electrons. The molecule has 0 spiro atoms. The lowest BCUT2D eigenvalue weighted by molar-refractivity contribution is -0.130. The summed E-state index contributed by atoms with van der Waals surface area (Å²) in [6.07, 6.45) is 2.62. The van der Waals surface area contributed by atoms with Crippen molar-refractivity contribution in [3.63, 3.8) is 0 Å². The Balaban J connectivity index is 1.87. The van der Waals surface area contributed by atoms with Crippen LogP contribution >= 0.6 is 0 Å². The molecular formula is C17H22N4O4. The van der Waals surface area contributed by atoms with E-state index in [1.165, 1.54) is 16.7 Å². The Morgan fingerprint density at radius 3 is 2.52 bits per heavy atom. The molecule has 0 saturated carbocycles. The predicted molar refractivity (Wildman–Crippen MR) is 89.9 cm³/mol. The number of H-pyrrole nitrogens is 1. The maximum Gasteiger partial charge on any atom is 0.261 e. The zero-order valence-corrected chi connectivity index (χ0v) is 14.2. The second kappa shape index (κ2) is 6.70. The molecule has 1 aromatic heterocycles. The SMILES string of the molecule is CC(=O)N1CCN(C(=O)c2cc3c([nH]c2=O)CCC3)CC(C(N)=O)C1. The molecule has 0 radical (unpaired) electrons. The molecule has 3 rings (SSSR count). The quantitative estimate of drug-likeness (QED) is 0.734. The summed E-state index contributed by atoms with van der Waals surface area (Å²) in [6.45, 7) is 2.29. The van der Waals surface area contributed by atoms with Crippen molar-refractivity contribution in [2.75, 3.05) is 26.2 Å². The summed E-state index contributed by atoms with van der Waals surface area (Å²) in [5, 5.41) is 0. The highest BCUT2D eigenvalue weighted by Crippen LogP contribution is 2.20. The van der Waals surface area contributed by atoms with Gasteiger partial charge in [-0.1, -0.05) is 0 Å². The maximum absolute atomic E-state index is 12.9. The van der Waals surface area contributed by atoms with Gasteiger partial charge in [-0.15, -0.1) is 0 Å². The van der Waals surface area contributed by atoms with Crippen molar-refractivity contribution < 1.29 is 14.4 Å². The molecule has 8 nitrogen and oxygen atoms in total. The fourth-order valence-corrected chi connectivity index (χ4v) is 3.51.